The monoisotopic (exact) mass is 216 g/mol. The number of nitrogens with zero attached hydrogens (tertiary/aromatic N) is 2. The van der Waals surface area contributed by atoms with Gasteiger partial charge in [-0.2, -0.15) is 8.42 Å². The molecule has 0 fully saturated rings. The number of hydrogen-bond acceptors (Lipinski definition) is 5. The molecule has 0 radical (unpaired) electrons. The molecule has 0 spiro atoms. The summed E-state index contributed by atoms with van der Waals surface area (Å²) in [6.07, 6.45) is 4.90. The summed E-state index contributed by atoms with van der Waals surface area (Å²) in [6, 6.07) is 0. The van der Waals surface area contributed by atoms with Crippen molar-refractivity contribution in [1.29, 1.82) is 0 Å². The van der Waals surface area contributed by atoms with Gasteiger partial charge in [0.2, 0.25) is 0 Å². The molecular formula is C8H12N2O3S. The number of hydrogen-bond donors (Lipinski definition) is 0. The van der Waals surface area contributed by atoms with Gasteiger partial charge in [0.1, 0.15) is 5.82 Å². The van der Waals surface area contributed by atoms with E-state index in [4.69, 9.17) is 0 Å². The Hall–Kier alpha value is -1.01. The van der Waals surface area contributed by atoms with Crippen LogP contribution < -0.4 is 0 Å². The van der Waals surface area contributed by atoms with E-state index < -0.39 is 10.1 Å². The van der Waals surface area contributed by atoms with Crippen molar-refractivity contribution < 1.29 is 12.6 Å². The molecule has 0 saturated carbocycles. The highest BCUT2D eigenvalue weighted by molar-refractivity contribution is 7.85. The van der Waals surface area contributed by atoms with Crippen LogP contribution in [0.4, 0.5) is 0 Å². The lowest BCUT2D eigenvalue weighted by atomic mass is 10.3. The predicted molar refractivity (Wildman–Crippen MR) is 51.0 cm³/mol. The van der Waals surface area contributed by atoms with Crippen molar-refractivity contribution in [2.45, 2.75) is 20.0 Å². The molecule has 0 unspecified atom stereocenters. The van der Waals surface area contributed by atoms with Crippen LogP contribution in [-0.4, -0.2) is 24.6 Å². The van der Waals surface area contributed by atoms with Gasteiger partial charge >= 0.3 is 0 Å². The van der Waals surface area contributed by atoms with E-state index in [1.165, 1.54) is 0 Å². The summed E-state index contributed by atoms with van der Waals surface area (Å²) in [5, 5.41) is 0. The third-order valence-corrected chi connectivity index (χ3v) is 2.06. The van der Waals surface area contributed by atoms with Crippen molar-refractivity contribution in [2.75, 3.05) is 6.26 Å². The minimum atomic E-state index is -3.39. The predicted octanol–water partition coefficient (Wildman–Crippen LogP) is 0.515. The van der Waals surface area contributed by atoms with Crippen LogP contribution in [0.5, 0.6) is 0 Å². The van der Waals surface area contributed by atoms with Gasteiger partial charge in [-0.25, -0.2) is 9.97 Å². The second-order valence-electron chi connectivity index (χ2n) is 2.83. The molecule has 0 aromatic carbocycles. The van der Waals surface area contributed by atoms with Gasteiger partial charge in [-0.15, -0.1) is 0 Å². The Balaban J connectivity index is 2.61. The van der Waals surface area contributed by atoms with Gasteiger partial charge in [0.25, 0.3) is 10.1 Å². The van der Waals surface area contributed by atoms with Gasteiger partial charge in [0.05, 0.1) is 12.9 Å². The lowest BCUT2D eigenvalue weighted by Crippen LogP contribution is -2.04. The van der Waals surface area contributed by atoms with Crippen LogP contribution >= 0.6 is 0 Å². The van der Waals surface area contributed by atoms with E-state index in [9.17, 15) is 8.42 Å². The third-order valence-electron chi connectivity index (χ3n) is 1.51. The zero-order chi connectivity index (χ0) is 10.6. The molecule has 1 heterocycles. The molecule has 0 amide bonds. The van der Waals surface area contributed by atoms with Gasteiger partial charge in [-0.1, -0.05) is 6.92 Å². The Morgan fingerprint density at radius 2 is 1.93 bits per heavy atom. The summed E-state index contributed by atoms with van der Waals surface area (Å²) in [7, 11) is -3.39. The summed E-state index contributed by atoms with van der Waals surface area (Å²) < 4.78 is 25.9. The van der Waals surface area contributed by atoms with E-state index in [1.807, 2.05) is 6.92 Å². The van der Waals surface area contributed by atoms with Crippen molar-refractivity contribution in [1.82, 2.24) is 9.97 Å². The Kier molecular flexibility index (Phi) is 3.54. The fourth-order valence-corrected chi connectivity index (χ4v) is 1.16. The molecule has 0 atom stereocenters. The van der Waals surface area contributed by atoms with Crippen molar-refractivity contribution in [3.63, 3.8) is 0 Å². The van der Waals surface area contributed by atoms with E-state index in [0.29, 0.717) is 5.56 Å². The number of aromatic nitrogens is 2. The normalized spacial score (nSPS) is 11.6. The third kappa shape index (κ3) is 3.80. The summed E-state index contributed by atoms with van der Waals surface area (Å²) in [5.74, 6) is 0.730. The highest BCUT2D eigenvalue weighted by Crippen LogP contribution is 2.01. The largest absolute Gasteiger partial charge is 0.265 e. The van der Waals surface area contributed by atoms with Gasteiger partial charge in [0.15, 0.2) is 0 Å². The van der Waals surface area contributed by atoms with Crippen LogP contribution in [0.25, 0.3) is 0 Å². The molecule has 6 heteroatoms. The van der Waals surface area contributed by atoms with Crippen molar-refractivity contribution in [2.24, 2.45) is 0 Å². The number of aryl methyl sites for hydroxylation is 1. The van der Waals surface area contributed by atoms with E-state index >= 15 is 0 Å². The Bertz CT molecular complexity index is 386. The molecule has 14 heavy (non-hydrogen) atoms. The molecule has 0 aliphatic carbocycles. The van der Waals surface area contributed by atoms with Crippen molar-refractivity contribution in [3.05, 3.63) is 23.8 Å². The van der Waals surface area contributed by atoms with Crippen LogP contribution in [0.15, 0.2) is 12.4 Å². The van der Waals surface area contributed by atoms with E-state index in [0.717, 1.165) is 18.5 Å². The zero-order valence-electron chi connectivity index (χ0n) is 8.10. The maximum Gasteiger partial charge on any atom is 0.264 e. The maximum atomic E-state index is 10.7. The van der Waals surface area contributed by atoms with Gasteiger partial charge in [-0.05, 0) is 0 Å². The minimum absolute atomic E-state index is 0.0111. The first-order chi connectivity index (χ1) is 6.51. The average Bonchev–Trinajstić information content (AvgIpc) is 2.14. The Morgan fingerprint density at radius 3 is 2.36 bits per heavy atom. The molecule has 0 aliphatic heterocycles. The van der Waals surface area contributed by atoms with Crippen LogP contribution in [0.3, 0.4) is 0 Å². The van der Waals surface area contributed by atoms with E-state index in [1.54, 1.807) is 12.4 Å². The summed E-state index contributed by atoms with van der Waals surface area (Å²) in [5.41, 5.74) is 0.646. The number of rotatable bonds is 4. The lowest BCUT2D eigenvalue weighted by molar-refractivity contribution is 0.310. The second-order valence-corrected chi connectivity index (χ2v) is 4.47. The topological polar surface area (TPSA) is 69.2 Å². The smallest absolute Gasteiger partial charge is 0.264 e. The molecule has 0 bridgehead atoms. The fourth-order valence-electron chi connectivity index (χ4n) is 0.814. The van der Waals surface area contributed by atoms with Gasteiger partial charge in [-0.3, -0.25) is 4.18 Å². The highest BCUT2D eigenvalue weighted by Gasteiger charge is 2.03. The summed E-state index contributed by atoms with van der Waals surface area (Å²) in [6.45, 7) is 1.94. The SMILES string of the molecule is CCc1ncc(COS(C)(=O)=O)cn1. The van der Waals surface area contributed by atoms with E-state index in [2.05, 4.69) is 14.2 Å². The lowest BCUT2D eigenvalue weighted by Gasteiger charge is -2.01. The quantitative estimate of drug-likeness (QED) is 0.686. The molecule has 0 aliphatic rings. The first kappa shape index (κ1) is 11.1. The van der Waals surface area contributed by atoms with Crippen LogP contribution in [-0.2, 0) is 27.3 Å². The molecule has 1 aromatic rings. The van der Waals surface area contributed by atoms with E-state index in [-0.39, 0.29) is 6.61 Å². The molecular weight excluding hydrogens is 204 g/mol. The van der Waals surface area contributed by atoms with Crippen molar-refractivity contribution >= 4 is 10.1 Å². The molecule has 78 valence electrons. The van der Waals surface area contributed by atoms with Crippen molar-refractivity contribution in [3.8, 4) is 0 Å². The molecule has 0 saturated heterocycles. The zero-order valence-corrected chi connectivity index (χ0v) is 8.91. The Morgan fingerprint density at radius 1 is 1.36 bits per heavy atom. The minimum Gasteiger partial charge on any atom is -0.265 e. The standard InChI is InChI=1S/C8H12N2O3S/c1-3-8-9-4-7(5-10-8)6-13-14(2,11)12/h4-5H,3,6H2,1-2H3. The fraction of sp³-hybridized carbons (Fsp3) is 0.500. The summed E-state index contributed by atoms with van der Waals surface area (Å²) >= 11 is 0. The molecule has 5 nitrogen and oxygen atoms in total. The van der Waals surface area contributed by atoms with Crippen LogP contribution in [0, 0.1) is 0 Å². The van der Waals surface area contributed by atoms with Crippen LogP contribution in [0.2, 0.25) is 0 Å². The first-order valence-corrected chi connectivity index (χ1v) is 5.97. The van der Waals surface area contributed by atoms with Gasteiger partial charge in [0, 0.05) is 24.4 Å². The molecule has 1 aromatic heterocycles. The first-order valence-electron chi connectivity index (χ1n) is 4.15. The Labute approximate surface area is 83.3 Å². The summed E-state index contributed by atoms with van der Waals surface area (Å²) in [4.78, 5) is 8.02. The van der Waals surface area contributed by atoms with Crippen LogP contribution in [0.1, 0.15) is 18.3 Å². The maximum absolute atomic E-state index is 10.7. The second kappa shape index (κ2) is 4.47. The highest BCUT2D eigenvalue weighted by atomic mass is 32.2. The molecule has 0 N–H and O–H groups in total. The average molecular weight is 216 g/mol. The molecule has 1 rings (SSSR count). The van der Waals surface area contributed by atoms with Gasteiger partial charge < -0.3 is 0 Å².